The van der Waals surface area contributed by atoms with Crippen LogP contribution >= 0.6 is 0 Å². The Morgan fingerprint density at radius 1 is 0.333 bits per heavy atom. The van der Waals surface area contributed by atoms with Crippen LogP contribution in [0.3, 0.4) is 0 Å². The lowest BCUT2D eigenvalue weighted by Crippen LogP contribution is -2.11. The van der Waals surface area contributed by atoms with Crippen LogP contribution in [0.1, 0.15) is 16.7 Å². The lowest BCUT2D eigenvalue weighted by atomic mass is 10.0. The third kappa shape index (κ3) is 6.81. The fourth-order valence-corrected chi connectivity index (χ4v) is 6.74. The second-order valence-corrected chi connectivity index (χ2v) is 12.7. The Labute approximate surface area is 300 Å². The number of hydrogen-bond donors (Lipinski definition) is 0. The van der Waals surface area contributed by atoms with Gasteiger partial charge < -0.3 is 9.80 Å². The fourth-order valence-electron chi connectivity index (χ4n) is 6.74. The molecule has 0 radical (unpaired) electrons. The van der Waals surface area contributed by atoms with E-state index >= 15 is 0 Å². The summed E-state index contributed by atoms with van der Waals surface area (Å²) in [6.07, 6.45) is 4.36. The molecule has 0 saturated carbocycles. The molecule has 0 atom stereocenters. The first kappa shape index (κ1) is 31.6. The van der Waals surface area contributed by atoms with Crippen molar-refractivity contribution >= 4 is 57.0 Å². The van der Waals surface area contributed by atoms with E-state index in [-0.39, 0.29) is 0 Å². The first-order valence-corrected chi connectivity index (χ1v) is 17.4. The molecule has 0 saturated heterocycles. The number of benzene rings is 8. The standard InChI is InChI=1S/C49H38N2/c1-37-13-8-11-21-48(37)51(49-22-12-15-42-14-9-10-20-47(42)49)46-35-31-41(32-36-46)40-29-25-38(26-30-40)23-24-39-27-33-45(34-28-39)50(43-16-4-2-5-17-43)44-18-6-3-7-19-44/h2-36H,1H3/b24-23+. The quantitative estimate of drug-likeness (QED) is 0.143. The Hall–Kier alpha value is -6.64. The van der Waals surface area contributed by atoms with E-state index in [1.165, 1.54) is 38.8 Å². The van der Waals surface area contributed by atoms with Crippen LogP contribution in [0.25, 0.3) is 34.1 Å². The molecular formula is C49H38N2. The number of para-hydroxylation sites is 3. The Kier molecular flexibility index (Phi) is 8.96. The van der Waals surface area contributed by atoms with E-state index in [4.69, 9.17) is 0 Å². The highest BCUT2D eigenvalue weighted by atomic mass is 15.1. The van der Waals surface area contributed by atoms with Gasteiger partial charge in [0.25, 0.3) is 0 Å². The average Bonchev–Trinajstić information content (AvgIpc) is 3.20. The van der Waals surface area contributed by atoms with Gasteiger partial charge >= 0.3 is 0 Å². The van der Waals surface area contributed by atoms with Gasteiger partial charge in [0, 0.05) is 33.8 Å². The third-order valence-electron chi connectivity index (χ3n) is 9.38. The Morgan fingerprint density at radius 3 is 1.39 bits per heavy atom. The van der Waals surface area contributed by atoms with Crippen LogP contribution in [0.5, 0.6) is 0 Å². The van der Waals surface area contributed by atoms with Crippen molar-refractivity contribution < 1.29 is 0 Å². The van der Waals surface area contributed by atoms with Gasteiger partial charge in [0.15, 0.2) is 0 Å². The summed E-state index contributed by atoms with van der Waals surface area (Å²) in [5.41, 5.74) is 12.8. The largest absolute Gasteiger partial charge is 0.311 e. The minimum absolute atomic E-state index is 1.12. The molecule has 0 aliphatic carbocycles. The number of rotatable bonds is 9. The van der Waals surface area contributed by atoms with E-state index in [1.807, 2.05) is 0 Å². The summed E-state index contributed by atoms with van der Waals surface area (Å²) in [5, 5.41) is 2.46. The molecular weight excluding hydrogens is 617 g/mol. The molecule has 8 aromatic carbocycles. The topological polar surface area (TPSA) is 6.48 Å². The minimum Gasteiger partial charge on any atom is -0.311 e. The molecule has 244 valence electrons. The molecule has 8 aromatic rings. The molecule has 0 amide bonds. The van der Waals surface area contributed by atoms with E-state index in [9.17, 15) is 0 Å². The molecule has 51 heavy (non-hydrogen) atoms. The Morgan fingerprint density at radius 2 is 0.765 bits per heavy atom. The SMILES string of the molecule is Cc1ccccc1N(c1ccc(-c2ccc(/C=C/c3ccc(N(c4ccccc4)c4ccccc4)cc3)cc2)cc1)c1cccc2ccccc12. The molecule has 0 aliphatic rings. The van der Waals surface area contributed by atoms with Crippen LogP contribution in [-0.4, -0.2) is 0 Å². The van der Waals surface area contributed by atoms with E-state index in [2.05, 4.69) is 229 Å². The van der Waals surface area contributed by atoms with Crippen molar-refractivity contribution in [1.29, 1.82) is 0 Å². The first-order valence-electron chi connectivity index (χ1n) is 17.4. The molecule has 2 nitrogen and oxygen atoms in total. The first-order chi connectivity index (χ1) is 25.2. The maximum Gasteiger partial charge on any atom is 0.0540 e. The van der Waals surface area contributed by atoms with E-state index in [0.29, 0.717) is 0 Å². The van der Waals surface area contributed by atoms with Gasteiger partial charge in [-0.2, -0.15) is 0 Å². The summed E-state index contributed by atoms with van der Waals surface area (Å²) >= 11 is 0. The molecule has 8 rings (SSSR count). The lowest BCUT2D eigenvalue weighted by molar-refractivity contribution is 1.26. The zero-order chi connectivity index (χ0) is 34.4. The number of aryl methyl sites for hydroxylation is 1. The Balaban J connectivity index is 1.01. The van der Waals surface area contributed by atoms with Crippen molar-refractivity contribution in [2.24, 2.45) is 0 Å². The smallest absolute Gasteiger partial charge is 0.0540 e. The molecule has 0 N–H and O–H groups in total. The van der Waals surface area contributed by atoms with Crippen LogP contribution in [0, 0.1) is 6.92 Å². The van der Waals surface area contributed by atoms with Gasteiger partial charge in [-0.05, 0) is 101 Å². The van der Waals surface area contributed by atoms with E-state index in [1.54, 1.807) is 0 Å². The highest BCUT2D eigenvalue weighted by molar-refractivity contribution is 5.99. The van der Waals surface area contributed by atoms with Gasteiger partial charge in [-0.1, -0.05) is 152 Å². The number of anilines is 6. The van der Waals surface area contributed by atoms with Crippen LogP contribution in [0.2, 0.25) is 0 Å². The second kappa shape index (κ2) is 14.5. The van der Waals surface area contributed by atoms with E-state index in [0.717, 1.165) is 33.9 Å². The van der Waals surface area contributed by atoms with Gasteiger partial charge in [0.1, 0.15) is 0 Å². The van der Waals surface area contributed by atoms with Crippen LogP contribution in [0.15, 0.2) is 200 Å². The average molecular weight is 655 g/mol. The normalized spacial score (nSPS) is 11.2. The van der Waals surface area contributed by atoms with Crippen molar-refractivity contribution in [2.75, 3.05) is 9.80 Å². The number of hydrogen-bond acceptors (Lipinski definition) is 2. The second-order valence-electron chi connectivity index (χ2n) is 12.7. The highest BCUT2D eigenvalue weighted by Gasteiger charge is 2.17. The maximum atomic E-state index is 2.38. The number of fused-ring (bicyclic) bond motifs is 1. The van der Waals surface area contributed by atoms with Crippen LogP contribution in [-0.2, 0) is 0 Å². The summed E-state index contributed by atoms with van der Waals surface area (Å²) in [4.78, 5) is 4.66. The van der Waals surface area contributed by atoms with Gasteiger partial charge in [-0.3, -0.25) is 0 Å². The van der Waals surface area contributed by atoms with Gasteiger partial charge in [-0.15, -0.1) is 0 Å². The Bertz CT molecular complexity index is 2350. The molecule has 0 heterocycles. The van der Waals surface area contributed by atoms with E-state index < -0.39 is 0 Å². The molecule has 0 spiro atoms. The summed E-state index contributed by atoms with van der Waals surface area (Å²) in [6.45, 7) is 2.18. The molecule has 0 fully saturated rings. The summed E-state index contributed by atoms with van der Waals surface area (Å²) in [7, 11) is 0. The molecule has 0 unspecified atom stereocenters. The molecule has 0 aliphatic heterocycles. The summed E-state index contributed by atoms with van der Waals surface area (Å²) < 4.78 is 0. The van der Waals surface area contributed by atoms with Gasteiger partial charge in [0.2, 0.25) is 0 Å². The van der Waals surface area contributed by atoms with Crippen LogP contribution < -0.4 is 9.80 Å². The zero-order valence-corrected chi connectivity index (χ0v) is 28.6. The van der Waals surface area contributed by atoms with Crippen molar-refractivity contribution in [1.82, 2.24) is 0 Å². The summed E-state index contributed by atoms with van der Waals surface area (Å²) in [6, 6.07) is 71.2. The van der Waals surface area contributed by atoms with Crippen LogP contribution in [0.4, 0.5) is 34.1 Å². The van der Waals surface area contributed by atoms with Crippen molar-refractivity contribution in [3.8, 4) is 11.1 Å². The number of nitrogens with zero attached hydrogens (tertiary/aromatic N) is 2. The van der Waals surface area contributed by atoms with Crippen molar-refractivity contribution in [2.45, 2.75) is 6.92 Å². The predicted octanol–water partition coefficient (Wildman–Crippen LogP) is 13.9. The minimum atomic E-state index is 1.12. The zero-order valence-electron chi connectivity index (χ0n) is 28.6. The predicted molar refractivity (Wildman–Crippen MR) is 219 cm³/mol. The molecule has 2 heteroatoms. The summed E-state index contributed by atoms with van der Waals surface area (Å²) in [5.74, 6) is 0. The maximum absolute atomic E-state index is 2.38. The lowest BCUT2D eigenvalue weighted by Gasteiger charge is -2.28. The molecule has 0 aromatic heterocycles. The highest BCUT2D eigenvalue weighted by Crippen LogP contribution is 2.41. The van der Waals surface area contributed by atoms with Gasteiger partial charge in [0.05, 0.1) is 5.69 Å². The third-order valence-corrected chi connectivity index (χ3v) is 9.38. The molecule has 0 bridgehead atoms. The van der Waals surface area contributed by atoms with Crippen molar-refractivity contribution in [3.05, 3.63) is 217 Å². The fraction of sp³-hybridized carbons (Fsp3) is 0.0204. The van der Waals surface area contributed by atoms with Gasteiger partial charge in [-0.25, -0.2) is 0 Å². The monoisotopic (exact) mass is 654 g/mol. The van der Waals surface area contributed by atoms with Crippen molar-refractivity contribution in [3.63, 3.8) is 0 Å².